The average Bonchev–Trinajstić information content (AvgIpc) is 2.65. The number of nitrogens with one attached hydrogen (secondary N) is 1. The molecule has 100 valence electrons. The molecule has 2 rings (SSSR count). The molecule has 1 N–H and O–H groups in total. The smallest absolute Gasteiger partial charge is 0.274 e. The summed E-state index contributed by atoms with van der Waals surface area (Å²) in [5.74, 6) is -0.616. The first-order valence-electron chi connectivity index (χ1n) is 5.70. The van der Waals surface area contributed by atoms with E-state index in [1.807, 2.05) is 13.8 Å². The minimum absolute atomic E-state index is 0.249. The van der Waals surface area contributed by atoms with Crippen molar-refractivity contribution in [1.82, 2.24) is 0 Å². The standard InChI is InChI=1S/C13H13FN2O2S/c1-8-3-13(19-9(8)2)7-15-11-4-10(14)5-12(6-11)16(17)18/h3-6,15H,7H2,1-2H3. The number of halogens is 1. The molecule has 4 nitrogen and oxygen atoms in total. The van der Waals surface area contributed by atoms with Crippen LogP contribution in [-0.4, -0.2) is 4.92 Å². The number of rotatable bonds is 4. The van der Waals surface area contributed by atoms with Crippen LogP contribution in [0.5, 0.6) is 0 Å². The van der Waals surface area contributed by atoms with Crippen molar-refractivity contribution in [3.05, 3.63) is 55.5 Å². The van der Waals surface area contributed by atoms with Gasteiger partial charge in [0.15, 0.2) is 0 Å². The van der Waals surface area contributed by atoms with Crippen molar-refractivity contribution in [1.29, 1.82) is 0 Å². The van der Waals surface area contributed by atoms with Crippen molar-refractivity contribution in [2.24, 2.45) is 0 Å². The Bertz CT molecular complexity index is 606. The Morgan fingerprint density at radius 3 is 2.63 bits per heavy atom. The third-order valence-electron chi connectivity index (χ3n) is 2.78. The molecule has 0 unspecified atom stereocenters. The van der Waals surface area contributed by atoms with E-state index < -0.39 is 10.7 Å². The Hall–Kier alpha value is -1.95. The largest absolute Gasteiger partial charge is 0.380 e. The molecule has 0 atom stereocenters. The van der Waals surface area contributed by atoms with E-state index in [0.29, 0.717) is 12.2 Å². The monoisotopic (exact) mass is 280 g/mol. The highest BCUT2D eigenvalue weighted by atomic mass is 32.1. The van der Waals surface area contributed by atoms with E-state index in [1.165, 1.54) is 22.6 Å². The zero-order chi connectivity index (χ0) is 14.0. The summed E-state index contributed by atoms with van der Waals surface area (Å²) >= 11 is 1.66. The Labute approximate surface area is 114 Å². The zero-order valence-electron chi connectivity index (χ0n) is 10.6. The topological polar surface area (TPSA) is 55.2 Å². The highest BCUT2D eigenvalue weighted by molar-refractivity contribution is 7.12. The second-order valence-corrected chi connectivity index (χ2v) is 5.60. The number of non-ortho nitro benzene ring substituents is 1. The Kier molecular flexibility index (Phi) is 3.80. The normalized spacial score (nSPS) is 10.5. The Balaban J connectivity index is 2.13. The predicted molar refractivity (Wildman–Crippen MR) is 74.2 cm³/mol. The number of hydrogen-bond donors (Lipinski definition) is 1. The van der Waals surface area contributed by atoms with E-state index in [0.717, 1.165) is 10.9 Å². The van der Waals surface area contributed by atoms with Gasteiger partial charge in [0.05, 0.1) is 11.0 Å². The predicted octanol–water partition coefficient (Wildman–Crippen LogP) is 4.02. The van der Waals surface area contributed by atoms with Gasteiger partial charge in [0.25, 0.3) is 5.69 Å². The van der Waals surface area contributed by atoms with Crippen molar-refractivity contribution in [2.75, 3.05) is 5.32 Å². The molecule has 0 aliphatic carbocycles. The summed E-state index contributed by atoms with van der Waals surface area (Å²) in [5, 5.41) is 13.6. The third-order valence-corrected chi connectivity index (χ3v) is 3.93. The number of thiophene rings is 1. The highest BCUT2D eigenvalue weighted by Gasteiger charge is 2.10. The number of nitro groups is 1. The molecule has 0 spiro atoms. The van der Waals surface area contributed by atoms with Crippen molar-refractivity contribution in [3.63, 3.8) is 0 Å². The number of aryl methyl sites for hydroxylation is 2. The van der Waals surface area contributed by atoms with Crippen LogP contribution in [0.25, 0.3) is 0 Å². The molecule has 1 aromatic carbocycles. The molecule has 0 amide bonds. The second-order valence-electron chi connectivity index (χ2n) is 4.26. The molecule has 0 aliphatic rings. The number of hydrogen-bond acceptors (Lipinski definition) is 4. The second kappa shape index (κ2) is 5.36. The number of anilines is 1. The van der Waals surface area contributed by atoms with Gasteiger partial charge in [-0.25, -0.2) is 4.39 Å². The Morgan fingerprint density at radius 2 is 2.05 bits per heavy atom. The summed E-state index contributed by atoms with van der Waals surface area (Å²) in [6.45, 7) is 4.60. The number of nitro benzene ring substituents is 1. The molecular formula is C13H13FN2O2S. The van der Waals surface area contributed by atoms with Gasteiger partial charge in [0, 0.05) is 28.1 Å². The van der Waals surface area contributed by atoms with Gasteiger partial charge in [0.2, 0.25) is 0 Å². The lowest BCUT2D eigenvalue weighted by atomic mass is 10.2. The lowest BCUT2D eigenvalue weighted by Crippen LogP contribution is -1.99. The van der Waals surface area contributed by atoms with Crippen LogP contribution in [0.15, 0.2) is 24.3 Å². The van der Waals surface area contributed by atoms with Crippen LogP contribution in [0.4, 0.5) is 15.8 Å². The van der Waals surface area contributed by atoms with Gasteiger partial charge in [-0.3, -0.25) is 10.1 Å². The fourth-order valence-electron chi connectivity index (χ4n) is 1.71. The molecule has 0 saturated heterocycles. The van der Waals surface area contributed by atoms with Crippen molar-refractivity contribution >= 4 is 22.7 Å². The molecule has 0 bridgehead atoms. The van der Waals surface area contributed by atoms with E-state index in [4.69, 9.17) is 0 Å². The van der Waals surface area contributed by atoms with Crippen LogP contribution in [-0.2, 0) is 6.54 Å². The molecule has 0 fully saturated rings. The van der Waals surface area contributed by atoms with Crippen molar-refractivity contribution < 1.29 is 9.31 Å². The van der Waals surface area contributed by atoms with Crippen LogP contribution in [0, 0.1) is 29.8 Å². The SMILES string of the molecule is Cc1cc(CNc2cc(F)cc([N+](=O)[O-])c2)sc1C. The summed E-state index contributed by atoms with van der Waals surface area (Å²) < 4.78 is 13.2. The molecule has 6 heteroatoms. The lowest BCUT2D eigenvalue weighted by molar-refractivity contribution is -0.385. The van der Waals surface area contributed by atoms with Crippen molar-refractivity contribution in [3.8, 4) is 0 Å². The van der Waals surface area contributed by atoms with E-state index in [-0.39, 0.29) is 5.69 Å². The summed E-state index contributed by atoms with van der Waals surface area (Å²) in [7, 11) is 0. The first-order chi connectivity index (χ1) is 8.95. The molecule has 1 aromatic heterocycles. The highest BCUT2D eigenvalue weighted by Crippen LogP contribution is 2.24. The van der Waals surface area contributed by atoms with Gasteiger partial charge in [-0.2, -0.15) is 0 Å². The summed E-state index contributed by atoms with van der Waals surface area (Å²) in [6.07, 6.45) is 0. The maximum atomic E-state index is 13.2. The number of nitrogens with zero attached hydrogens (tertiary/aromatic N) is 1. The molecule has 0 aliphatic heterocycles. The molecule has 1 heterocycles. The maximum Gasteiger partial charge on any atom is 0.274 e. The molecular weight excluding hydrogens is 267 g/mol. The zero-order valence-corrected chi connectivity index (χ0v) is 11.4. The van der Waals surface area contributed by atoms with Crippen LogP contribution < -0.4 is 5.32 Å². The van der Waals surface area contributed by atoms with Gasteiger partial charge in [0.1, 0.15) is 5.82 Å². The fraction of sp³-hybridized carbons (Fsp3) is 0.231. The van der Waals surface area contributed by atoms with E-state index in [2.05, 4.69) is 11.4 Å². The summed E-state index contributed by atoms with van der Waals surface area (Å²) in [4.78, 5) is 12.4. The third kappa shape index (κ3) is 3.29. The lowest BCUT2D eigenvalue weighted by Gasteiger charge is -2.04. The van der Waals surface area contributed by atoms with Crippen LogP contribution in [0.2, 0.25) is 0 Å². The van der Waals surface area contributed by atoms with E-state index in [1.54, 1.807) is 11.3 Å². The maximum absolute atomic E-state index is 13.2. The Morgan fingerprint density at radius 1 is 1.32 bits per heavy atom. The molecule has 0 saturated carbocycles. The average molecular weight is 280 g/mol. The van der Waals surface area contributed by atoms with Gasteiger partial charge >= 0.3 is 0 Å². The minimum atomic E-state index is -0.616. The van der Waals surface area contributed by atoms with Gasteiger partial charge < -0.3 is 5.32 Å². The first kappa shape index (κ1) is 13.5. The molecule has 19 heavy (non-hydrogen) atoms. The van der Waals surface area contributed by atoms with Crippen LogP contribution in [0.3, 0.4) is 0 Å². The number of benzene rings is 1. The molecule has 0 radical (unpaired) electrons. The van der Waals surface area contributed by atoms with E-state index in [9.17, 15) is 14.5 Å². The van der Waals surface area contributed by atoms with Gasteiger partial charge in [-0.1, -0.05) is 0 Å². The van der Waals surface area contributed by atoms with E-state index >= 15 is 0 Å². The first-order valence-corrected chi connectivity index (χ1v) is 6.52. The van der Waals surface area contributed by atoms with Gasteiger partial charge in [-0.15, -0.1) is 11.3 Å². The summed E-state index contributed by atoms with van der Waals surface area (Å²) in [5.41, 5.74) is 1.38. The quantitative estimate of drug-likeness (QED) is 0.679. The minimum Gasteiger partial charge on any atom is -0.380 e. The fourth-order valence-corrected chi connectivity index (χ4v) is 2.70. The summed E-state index contributed by atoms with van der Waals surface area (Å²) in [6, 6.07) is 5.54. The van der Waals surface area contributed by atoms with Crippen molar-refractivity contribution in [2.45, 2.75) is 20.4 Å². The van der Waals surface area contributed by atoms with Crippen LogP contribution in [0.1, 0.15) is 15.3 Å². The van der Waals surface area contributed by atoms with Crippen LogP contribution >= 0.6 is 11.3 Å². The van der Waals surface area contributed by atoms with Gasteiger partial charge in [-0.05, 0) is 31.5 Å². The molecule has 2 aromatic rings.